The lowest BCUT2D eigenvalue weighted by molar-refractivity contribution is -0.147. The molecule has 1 amide bonds. The number of aromatic nitrogens is 1. The average Bonchev–Trinajstić information content (AvgIpc) is 3.03. The number of fused-ring (bicyclic) bond motifs is 1. The zero-order valence-corrected chi connectivity index (χ0v) is 15.7. The summed E-state index contributed by atoms with van der Waals surface area (Å²) < 4.78 is 6.13. The number of hydrogen-bond donors (Lipinski definition) is 1. The van der Waals surface area contributed by atoms with Crippen LogP contribution in [0.25, 0.3) is 10.2 Å². The smallest absolute Gasteiger partial charge is 0.306 e. The van der Waals surface area contributed by atoms with Crippen molar-refractivity contribution < 1.29 is 14.3 Å². The van der Waals surface area contributed by atoms with Crippen molar-refractivity contribution >= 4 is 50.7 Å². The fourth-order valence-electron chi connectivity index (χ4n) is 2.41. The molecule has 1 aromatic heterocycles. The number of nitrogens with zero attached hydrogens (tertiary/aromatic N) is 1. The Morgan fingerprint density at radius 1 is 1.23 bits per heavy atom. The van der Waals surface area contributed by atoms with Crippen molar-refractivity contribution in [1.82, 2.24) is 4.98 Å². The van der Waals surface area contributed by atoms with Crippen molar-refractivity contribution in [2.75, 3.05) is 11.9 Å². The predicted molar refractivity (Wildman–Crippen MR) is 104 cm³/mol. The molecule has 0 aliphatic rings. The van der Waals surface area contributed by atoms with E-state index in [9.17, 15) is 9.59 Å². The average molecular weight is 389 g/mol. The fourth-order valence-corrected chi connectivity index (χ4v) is 3.60. The third-order valence-corrected chi connectivity index (χ3v) is 5.04. The number of benzene rings is 2. The second-order valence-corrected chi connectivity index (χ2v) is 7.30. The van der Waals surface area contributed by atoms with E-state index in [1.807, 2.05) is 31.2 Å². The molecule has 2 aromatic carbocycles. The van der Waals surface area contributed by atoms with Gasteiger partial charge in [0.2, 0.25) is 0 Å². The first kappa shape index (κ1) is 18.4. The number of halogens is 1. The number of ether oxygens (including phenoxy) is 1. The highest BCUT2D eigenvalue weighted by Crippen LogP contribution is 2.22. The van der Waals surface area contributed by atoms with Crippen molar-refractivity contribution in [1.29, 1.82) is 0 Å². The Hall–Kier alpha value is -2.44. The Labute approximate surface area is 160 Å². The molecule has 0 aliphatic carbocycles. The van der Waals surface area contributed by atoms with Crippen molar-refractivity contribution in [2.45, 2.75) is 19.8 Å². The minimum absolute atomic E-state index is 0.188. The van der Waals surface area contributed by atoms with Crippen molar-refractivity contribution in [3.8, 4) is 0 Å². The van der Waals surface area contributed by atoms with Gasteiger partial charge in [-0.25, -0.2) is 4.98 Å². The van der Waals surface area contributed by atoms with Gasteiger partial charge in [0.25, 0.3) is 5.91 Å². The molecule has 1 N–H and O–H groups in total. The number of para-hydroxylation sites is 1. The third kappa shape index (κ3) is 4.80. The number of hydrogen-bond acceptors (Lipinski definition) is 5. The Morgan fingerprint density at radius 2 is 2.04 bits per heavy atom. The number of carbonyl (C=O) groups excluding carboxylic acids is 2. The van der Waals surface area contributed by atoms with Crippen LogP contribution in [0.4, 0.5) is 5.69 Å². The Kier molecular flexibility index (Phi) is 5.85. The van der Waals surface area contributed by atoms with E-state index in [1.54, 1.807) is 29.5 Å². The van der Waals surface area contributed by atoms with Crippen molar-refractivity contribution in [3.05, 3.63) is 58.1 Å². The molecule has 0 fully saturated rings. The summed E-state index contributed by atoms with van der Waals surface area (Å²) in [6.45, 7) is 1.52. The van der Waals surface area contributed by atoms with Crippen LogP contribution in [0.5, 0.6) is 0 Å². The lowest BCUT2D eigenvalue weighted by Crippen LogP contribution is -2.21. The highest BCUT2D eigenvalue weighted by atomic mass is 35.5. The normalized spacial score (nSPS) is 10.7. The molecule has 0 atom stereocenters. The summed E-state index contributed by atoms with van der Waals surface area (Å²) in [5.41, 5.74) is 2.41. The van der Waals surface area contributed by atoms with Crippen molar-refractivity contribution in [2.24, 2.45) is 0 Å². The van der Waals surface area contributed by atoms with Crippen LogP contribution < -0.4 is 5.32 Å². The molecule has 0 spiro atoms. The van der Waals surface area contributed by atoms with E-state index in [4.69, 9.17) is 16.3 Å². The molecule has 7 heteroatoms. The number of anilines is 1. The molecule has 0 saturated heterocycles. The molecular weight excluding hydrogens is 372 g/mol. The number of thiazole rings is 1. The summed E-state index contributed by atoms with van der Waals surface area (Å²) in [7, 11) is 0. The van der Waals surface area contributed by atoms with Gasteiger partial charge in [0.15, 0.2) is 6.61 Å². The zero-order valence-electron chi connectivity index (χ0n) is 14.1. The van der Waals surface area contributed by atoms with Gasteiger partial charge < -0.3 is 10.1 Å². The van der Waals surface area contributed by atoms with E-state index in [-0.39, 0.29) is 18.9 Å². The molecule has 0 bridgehead atoms. The molecule has 0 unspecified atom stereocenters. The van der Waals surface area contributed by atoms with E-state index in [0.717, 1.165) is 20.8 Å². The Balaban J connectivity index is 1.45. The number of esters is 1. The van der Waals surface area contributed by atoms with Gasteiger partial charge in [0.05, 0.1) is 21.6 Å². The van der Waals surface area contributed by atoms with E-state index < -0.39 is 5.97 Å². The highest BCUT2D eigenvalue weighted by molar-refractivity contribution is 7.18. The minimum atomic E-state index is -0.424. The second-order valence-electron chi connectivity index (χ2n) is 5.74. The van der Waals surface area contributed by atoms with Crippen LogP contribution in [-0.4, -0.2) is 23.5 Å². The second kappa shape index (κ2) is 8.29. The number of nitrogens with one attached hydrogen (secondary N) is 1. The molecule has 5 nitrogen and oxygen atoms in total. The molecule has 3 rings (SSSR count). The number of carbonyl (C=O) groups is 2. The van der Waals surface area contributed by atoms with Crippen LogP contribution in [0.1, 0.15) is 17.0 Å². The van der Waals surface area contributed by atoms with Crippen LogP contribution in [0, 0.1) is 6.92 Å². The monoisotopic (exact) mass is 388 g/mol. The van der Waals surface area contributed by atoms with E-state index >= 15 is 0 Å². The molecule has 26 heavy (non-hydrogen) atoms. The maximum Gasteiger partial charge on any atom is 0.306 e. The lowest BCUT2D eigenvalue weighted by atomic mass is 10.2. The van der Waals surface area contributed by atoms with Gasteiger partial charge in [0, 0.05) is 17.1 Å². The molecule has 134 valence electrons. The summed E-state index contributed by atoms with van der Waals surface area (Å²) in [6.07, 6.45) is 0.684. The minimum Gasteiger partial charge on any atom is -0.456 e. The highest BCUT2D eigenvalue weighted by Gasteiger charge is 2.11. The van der Waals surface area contributed by atoms with Crippen LogP contribution >= 0.6 is 22.9 Å². The molecule has 3 aromatic rings. The SMILES string of the molecule is Cc1cc(Cl)ccc1NC(=O)COC(=O)CCc1nc2ccccc2s1. The Bertz CT molecular complexity index is 922. The summed E-state index contributed by atoms with van der Waals surface area (Å²) in [5, 5.41) is 4.18. The van der Waals surface area contributed by atoms with E-state index in [1.165, 1.54) is 0 Å². The zero-order chi connectivity index (χ0) is 18.5. The van der Waals surface area contributed by atoms with Gasteiger partial charge in [0.1, 0.15) is 0 Å². The largest absolute Gasteiger partial charge is 0.456 e. The molecular formula is C19H17ClN2O3S. The molecule has 1 heterocycles. The summed E-state index contributed by atoms with van der Waals surface area (Å²) in [5.74, 6) is -0.809. The van der Waals surface area contributed by atoms with Gasteiger partial charge in [-0.05, 0) is 42.8 Å². The summed E-state index contributed by atoms with van der Waals surface area (Å²) >= 11 is 7.44. The van der Waals surface area contributed by atoms with Crippen LogP contribution in [-0.2, 0) is 20.7 Å². The quantitative estimate of drug-likeness (QED) is 0.636. The van der Waals surface area contributed by atoms with E-state index in [0.29, 0.717) is 17.1 Å². The fraction of sp³-hybridized carbons (Fsp3) is 0.211. The third-order valence-electron chi connectivity index (χ3n) is 3.71. The number of rotatable bonds is 6. The Morgan fingerprint density at radius 3 is 2.81 bits per heavy atom. The number of amides is 1. The number of aryl methyl sites for hydroxylation is 2. The van der Waals surface area contributed by atoms with Crippen LogP contribution in [0.3, 0.4) is 0 Å². The lowest BCUT2D eigenvalue weighted by Gasteiger charge is -2.09. The first-order valence-electron chi connectivity index (χ1n) is 8.07. The first-order valence-corrected chi connectivity index (χ1v) is 9.27. The maximum atomic E-state index is 11.9. The van der Waals surface area contributed by atoms with Gasteiger partial charge in [-0.1, -0.05) is 23.7 Å². The first-order chi connectivity index (χ1) is 12.5. The van der Waals surface area contributed by atoms with Gasteiger partial charge >= 0.3 is 5.97 Å². The predicted octanol–water partition coefficient (Wildman–Crippen LogP) is 4.37. The molecule has 0 radical (unpaired) electrons. The summed E-state index contributed by atoms with van der Waals surface area (Å²) in [4.78, 5) is 28.2. The molecule has 0 saturated carbocycles. The van der Waals surface area contributed by atoms with Crippen LogP contribution in [0.2, 0.25) is 5.02 Å². The van der Waals surface area contributed by atoms with Gasteiger partial charge in [-0.15, -0.1) is 11.3 Å². The topological polar surface area (TPSA) is 68.3 Å². The van der Waals surface area contributed by atoms with Gasteiger partial charge in [-0.2, -0.15) is 0 Å². The maximum absolute atomic E-state index is 11.9. The van der Waals surface area contributed by atoms with Crippen LogP contribution in [0.15, 0.2) is 42.5 Å². The molecule has 0 aliphatic heterocycles. The van der Waals surface area contributed by atoms with Crippen molar-refractivity contribution in [3.63, 3.8) is 0 Å². The summed E-state index contributed by atoms with van der Waals surface area (Å²) in [6, 6.07) is 13.0. The standard InChI is InChI=1S/C19H17ClN2O3S/c1-12-10-13(20)6-7-14(12)21-17(23)11-25-19(24)9-8-18-22-15-4-2-3-5-16(15)26-18/h2-7,10H,8-9,11H2,1H3,(H,21,23). The van der Waals surface area contributed by atoms with E-state index in [2.05, 4.69) is 10.3 Å². The van der Waals surface area contributed by atoms with Gasteiger partial charge in [-0.3, -0.25) is 9.59 Å².